The molecule has 1 N–H and O–H groups in total. The summed E-state index contributed by atoms with van der Waals surface area (Å²) in [6.07, 6.45) is 1.43. The number of nitrogens with zero attached hydrogens (tertiary/aromatic N) is 2. The molecule has 10 heteroatoms. The van der Waals surface area contributed by atoms with E-state index in [0.717, 1.165) is 15.4 Å². The number of halogens is 1. The lowest BCUT2D eigenvalue weighted by atomic mass is 10.1. The molecule has 184 valence electrons. The first-order chi connectivity index (χ1) is 16.7. The second-order valence-corrected chi connectivity index (χ2v) is 9.94. The number of hydrogen-bond donors (Lipinski definition) is 1. The summed E-state index contributed by atoms with van der Waals surface area (Å²) >= 11 is 5.92. The van der Waals surface area contributed by atoms with Crippen molar-refractivity contribution in [3.05, 3.63) is 88.4 Å². The van der Waals surface area contributed by atoms with Crippen LogP contribution in [-0.2, 0) is 21.4 Å². The molecule has 0 atom stereocenters. The third kappa shape index (κ3) is 6.82. The molecular formula is C25H26ClN3O5S. The Hall–Kier alpha value is -3.40. The molecule has 0 radical (unpaired) electrons. The van der Waals surface area contributed by atoms with E-state index in [1.165, 1.54) is 44.7 Å². The average molecular weight is 516 g/mol. The van der Waals surface area contributed by atoms with Gasteiger partial charge in [-0.25, -0.2) is 13.8 Å². The minimum absolute atomic E-state index is 0.0183. The predicted octanol–water partition coefficient (Wildman–Crippen LogP) is 4.01. The van der Waals surface area contributed by atoms with Gasteiger partial charge in [-0.1, -0.05) is 35.9 Å². The van der Waals surface area contributed by atoms with Gasteiger partial charge in [0.15, 0.2) is 11.5 Å². The van der Waals surface area contributed by atoms with E-state index in [0.29, 0.717) is 22.1 Å². The van der Waals surface area contributed by atoms with Gasteiger partial charge in [0.1, 0.15) is 0 Å². The largest absolute Gasteiger partial charge is 0.493 e. The highest BCUT2D eigenvalue weighted by atomic mass is 35.5. The summed E-state index contributed by atoms with van der Waals surface area (Å²) in [7, 11) is -0.937. The van der Waals surface area contributed by atoms with Crippen LogP contribution in [-0.4, -0.2) is 45.6 Å². The zero-order valence-corrected chi connectivity index (χ0v) is 21.1. The Bertz CT molecular complexity index is 1310. The van der Waals surface area contributed by atoms with Gasteiger partial charge in [-0.2, -0.15) is 9.41 Å². The Kier molecular flexibility index (Phi) is 8.86. The summed E-state index contributed by atoms with van der Waals surface area (Å²) in [4.78, 5) is 12.7. The van der Waals surface area contributed by atoms with Crippen LogP contribution in [0, 0.1) is 6.92 Å². The zero-order valence-electron chi connectivity index (χ0n) is 19.6. The van der Waals surface area contributed by atoms with Crippen LogP contribution in [0.4, 0.5) is 0 Å². The number of sulfonamides is 1. The topological polar surface area (TPSA) is 97.3 Å². The van der Waals surface area contributed by atoms with Crippen molar-refractivity contribution in [3.63, 3.8) is 0 Å². The molecule has 0 saturated heterocycles. The normalized spacial score (nSPS) is 11.6. The number of aryl methyl sites for hydroxylation is 1. The molecule has 3 rings (SSSR count). The van der Waals surface area contributed by atoms with Crippen LogP contribution in [0.1, 0.15) is 16.7 Å². The van der Waals surface area contributed by atoms with Crippen molar-refractivity contribution in [2.24, 2.45) is 5.10 Å². The minimum Gasteiger partial charge on any atom is -0.493 e. The van der Waals surface area contributed by atoms with Gasteiger partial charge in [0.25, 0.3) is 5.91 Å². The number of carbonyl (C=O) groups is 1. The van der Waals surface area contributed by atoms with Crippen molar-refractivity contribution in [2.45, 2.75) is 18.4 Å². The molecule has 1 amide bonds. The van der Waals surface area contributed by atoms with Crippen molar-refractivity contribution in [1.82, 2.24) is 9.73 Å². The number of amides is 1. The number of hydrogen-bond acceptors (Lipinski definition) is 6. The van der Waals surface area contributed by atoms with E-state index in [1.807, 2.05) is 31.2 Å². The molecule has 0 aliphatic rings. The molecule has 0 bridgehead atoms. The summed E-state index contributed by atoms with van der Waals surface area (Å²) in [6, 6.07) is 18.4. The summed E-state index contributed by atoms with van der Waals surface area (Å²) in [6.45, 7) is 1.48. The molecule has 0 aliphatic heterocycles. The first-order valence-corrected chi connectivity index (χ1v) is 12.4. The van der Waals surface area contributed by atoms with Crippen LogP contribution in [0.2, 0.25) is 5.02 Å². The lowest BCUT2D eigenvalue weighted by Gasteiger charge is -2.22. The summed E-state index contributed by atoms with van der Waals surface area (Å²) in [5.41, 5.74) is 4.75. The second-order valence-electron chi connectivity index (χ2n) is 7.56. The van der Waals surface area contributed by atoms with Gasteiger partial charge >= 0.3 is 0 Å². The van der Waals surface area contributed by atoms with Gasteiger partial charge in [0.05, 0.1) is 31.9 Å². The van der Waals surface area contributed by atoms with Crippen molar-refractivity contribution >= 4 is 33.7 Å². The van der Waals surface area contributed by atoms with E-state index in [4.69, 9.17) is 21.1 Å². The van der Waals surface area contributed by atoms with Gasteiger partial charge in [-0.15, -0.1) is 0 Å². The average Bonchev–Trinajstić information content (AvgIpc) is 2.85. The van der Waals surface area contributed by atoms with E-state index in [-0.39, 0.29) is 11.4 Å². The number of ether oxygens (including phenoxy) is 2. The van der Waals surface area contributed by atoms with Crippen LogP contribution in [0.15, 0.2) is 76.7 Å². The fourth-order valence-corrected chi connectivity index (χ4v) is 4.77. The molecule has 3 aromatic rings. The lowest BCUT2D eigenvalue weighted by molar-refractivity contribution is -0.121. The third-order valence-corrected chi connectivity index (χ3v) is 7.25. The zero-order chi connectivity index (χ0) is 25.4. The highest BCUT2D eigenvalue weighted by Crippen LogP contribution is 2.27. The second kappa shape index (κ2) is 11.8. The van der Waals surface area contributed by atoms with E-state index in [9.17, 15) is 13.2 Å². The molecule has 0 saturated carbocycles. The van der Waals surface area contributed by atoms with Crippen LogP contribution in [0.3, 0.4) is 0 Å². The maximum absolute atomic E-state index is 13.4. The molecule has 3 aromatic carbocycles. The Morgan fingerprint density at radius 2 is 1.71 bits per heavy atom. The van der Waals surface area contributed by atoms with Crippen molar-refractivity contribution < 1.29 is 22.7 Å². The standard InChI is InChI=1S/C25H26ClN3O5S/c1-18-6-4-5-7-20(18)16-29(35(31,32)22-11-9-21(26)10-12-22)17-25(30)28-27-15-19-8-13-23(33-2)24(14-19)34-3/h4-15H,16-17H2,1-3H3,(H,28,30)/b27-15-. The number of rotatable bonds is 10. The van der Waals surface area contributed by atoms with E-state index < -0.39 is 22.5 Å². The Morgan fingerprint density at radius 1 is 1.03 bits per heavy atom. The summed E-state index contributed by atoms with van der Waals surface area (Å²) in [5.74, 6) is 0.488. The highest BCUT2D eigenvalue weighted by Gasteiger charge is 2.27. The van der Waals surface area contributed by atoms with Crippen molar-refractivity contribution in [3.8, 4) is 11.5 Å². The van der Waals surface area contributed by atoms with Gasteiger partial charge < -0.3 is 9.47 Å². The SMILES string of the molecule is COc1ccc(/C=N\NC(=O)CN(Cc2ccccc2C)S(=O)(=O)c2ccc(Cl)cc2)cc1OC. The molecule has 0 aromatic heterocycles. The number of methoxy groups -OCH3 is 2. The molecule has 8 nitrogen and oxygen atoms in total. The summed E-state index contributed by atoms with van der Waals surface area (Å²) in [5, 5.41) is 4.37. The third-order valence-electron chi connectivity index (χ3n) is 5.19. The smallest absolute Gasteiger partial charge is 0.255 e. The molecular weight excluding hydrogens is 490 g/mol. The van der Waals surface area contributed by atoms with E-state index in [2.05, 4.69) is 10.5 Å². The first kappa shape index (κ1) is 26.2. The fraction of sp³-hybridized carbons (Fsp3) is 0.200. The van der Waals surface area contributed by atoms with E-state index >= 15 is 0 Å². The Balaban J connectivity index is 1.79. The molecule has 0 spiro atoms. The molecule has 0 heterocycles. The predicted molar refractivity (Wildman–Crippen MR) is 136 cm³/mol. The number of carbonyl (C=O) groups excluding carboxylic acids is 1. The monoisotopic (exact) mass is 515 g/mol. The van der Waals surface area contributed by atoms with Crippen LogP contribution in [0.25, 0.3) is 0 Å². The van der Waals surface area contributed by atoms with Crippen LogP contribution in [0.5, 0.6) is 11.5 Å². The summed E-state index contributed by atoms with van der Waals surface area (Å²) < 4.78 is 38.3. The minimum atomic E-state index is -3.99. The van der Waals surface area contributed by atoms with Crippen molar-refractivity contribution in [2.75, 3.05) is 20.8 Å². The van der Waals surface area contributed by atoms with Gasteiger partial charge in [-0.05, 0) is 66.1 Å². The fourth-order valence-electron chi connectivity index (χ4n) is 3.27. The van der Waals surface area contributed by atoms with Crippen LogP contribution >= 0.6 is 11.6 Å². The first-order valence-electron chi connectivity index (χ1n) is 10.6. The molecule has 0 aliphatic carbocycles. The van der Waals surface area contributed by atoms with Gasteiger partial charge in [0.2, 0.25) is 10.0 Å². The maximum Gasteiger partial charge on any atom is 0.255 e. The quantitative estimate of drug-likeness (QED) is 0.325. The maximum atomic E-state index is 13.4. The molecule has 0 fully saturated rings. The number of hydrazone groups is 1. The number of benzene rings is 3. The lowest BCUT2D eigenvalue weighted by Crippen LogP contribution is -2.39. The molecule has 35 heavy (non-hydrogen) atoms. The highest BCUT2D eigenvalue weighted by molar-refractivity contribution is 7.89. The van der Waals surface area contributed by atoms with Crippen LogP contribution < -0.4 is 14.9 Å². The Labute approximate surface area is 210 Å². The van der Waals surface area contributed by atoms with Gasteiger partial charge in [-0.3, -0.25) is 4.79 Å². The number of nitrogens with one attached hydrogen (secondary N) is 1. The van der Waals surface area contributed by atoms with Crippen molar-refractivity contribution in [1.29, 1.82) is 0 Å². The molecule has 0 unspecified atom stereocenters. The van der Waals surface area contributed by atoms with E-state index in [1.54, 1.807) is 18.2 Å². The van der Waals surface area contributed by atoms with Gasteiger partial charge in [0, 0.05) is 11.6 Å². The Morgan fingerprint density at radius 3 is 2.37 bits per heavy atom.